The Morgan fingerprint density at radius 1 is 1.35 bits per heavy atom. The van der Waals surface area contributed by atoms with Crippen LogP contribution in [-0.2, 0) is 27.3 Å². The summed E-state index contributed by atoms with van der Waals surface area (Å²) in [4.78, 5) is 18.5. The fraction of sp³-hybridized carbons (Fsp3) is 0.500. The number of carbonyl (C=O) groups is 1. The van der Waals surface area contributed by atoms with Gasteiger partial charge in [-0.25, -0.2) is 0 Å². The van der Waals surface area contributed by atoms with Crippen molar-refractivity contribution in [2.24, 2.45) is 0 Å². The number of likely N-dealkylation sites (tertiary alicyclic amines) is 1. The molecule has 0 bridgehead atoms. The third-order valence-electron chi connectivity index (χ3n) is 5.21. The lowest BCUT2D eigenvalue weighted by molar-refractivity contribution is -0.138. The Morgan fingerprint density at radius 3 is 3.04 bits per heavy atom. The average molecular weight is 356 g/mol. The number of aromatic nitrogens is 1. The molecule has 2 fully saturated rings. The van der Waals surface area contributed by atoms with E-state index in [1.807, 2.05) is 29.2 Å². The topological polar surface area (TPSA) is 64.8 Å². The van der Waals surface area contributed by atoms with Gasteiger partial charge in [-0.2, -0.15) is 0 Å². The summed E-state index contributed by atoms with van der Waals surface area (Å²) in [5.41, 5.74) is 0.847. The number of hydrogen-bond donors (Lipinski definition) is 0. The van der Waals surface area contributed by atoms with Crippen LogP contribution < -0.4 is 0 Å². The molecule has 6 heteroatoms. The number of pyridine rings is 1. The second kappa shape index (κ2) is 7.60. The van der Waals surface area contributed by atoms with Gasteiger partial charge in [0.2, 0.25) is 5.91 Å². The van der Waals surface area contributed by atoms with E-state index < -0.39 is 0 Å². The van der Waals surface area contributed by atoms with Crippen molar-refractivity contribution < 1.29 is 18.7 Å². The first-order chi connectivity index (χ1) is 12.7. The van der Waals surface area contributed by atoms with Crippen molar-refractivity contribution >= 4 is 5.91 Å². The Balaban J connectivity index is 1.31. The summed E-state index contributed by atoms with van der Waals surface area (Å²) in [5, 5.41) is 0. The maximum atomic E-state index is 12.6. The normalized spacial score (nSPS) is 25.7. The van der Waals surface area contributed by atoms with E-state index >= 15 is 0 Å². The van der Waals surface area contributed by atoms with Crippen LogP contribution in [0.4, 0.5) is 0 Å². The highest BCUT2D eigenvalue weighted by atomic mass is 16.6. The summed E-state index contributed by atoms with van der Waals surface area (Å²) >= 11 is 0. The molecule has 4 heterocycles. The van der Waals surface area contributed by atoms with E-state index in [1.54, 1.807) is 18.7 Å². The molecule has 138 valence electrons. The number of hydrogen-bond acceptors (Lipinski definition) is 5. The van der Waals surface area contributed by atoms with Gasteiger partial charge in [-0.05, 0) is 42.7 Å². The van der Waals surface area contributed by atoms with Gasteiger partial charge in [-0.15, -0.1) is 0 Å². The van der Waals surface area contributed by atoms with Crippen molar-refractivity contribution in [2.75, 3.05) is 19.7 Å². The third-order valence-corrected chi connectivity index (χ3v) is 5.21. The van der Waals surface area contributed by atoms with Crippen LogP contribution in [0.1, 0.15) is 30.6 Å². The molecule has 2 aromatic rings. The quantitative estimate of drug-likeness (QED) is 0.824. The lowest BCUT2D eigenvalue weighted by Gasteiger charge is -2.39. The van der Waals surface area contributed by atoms with E-state index in [4.69, 9.17) is 13.9 Å². The van der Waals surface area contributed by atoms with Crippen LogP contribution in [-0.4, -0.2) is 47.2 Å². The fourth-order valence-electron chi connectivity index (χ4n) is 3.87. The first kappa shape index (κ1) is 17.2. The van der Waals surface area contributed by atoms with E-state index in [0.717, 1.165) is 31.4 Å². The first-order valence-electron chi connectivity index (χ1n) is 9.17. The minimum Gasteiger partial charge on any atom is -0.469 e. The van der Waals surface area contributed by atoms with Crippen LogP contribution >= 0.6 is 0 Å². The van der Waals surface area contributed by atoms with Crippen LogP contribution in [0, 0.1) is 0 Å². The Morgan fingerprint density at radius 2 is 2.23 bits per heavy atom. The highest BCUT2D eigenvalue weighted by molar-refractivity contribution is 5.78. The number of ether oxygens (including phenoxy) is 2. The number of carbonyl (C=O) groups excluding carboxylic acids is 1. The molecule has 0 aliphatic carbocycles. The smallest absolute Gasteiger partial charge is 0.230 e. The molecule has 1 amide bonds. The SMILES string of the molecule is O=C(Cc1ccco1)N1CCC[C@]2(C[C@H](OCc3ccncc3)CO2)C1. The zero-order valence-corrected chi connectivity index (χ0v) is 14.8. The second-order valence-corrected chi connectivity index (χ2v) is 7.16. The maximum absolute atomic E-state index is 12.6. The molecular weight excluding hydrogens is 332 g/mol. The molecule has 0 unspecified atom stereocenters. The fourth-order valence-corrected chi connectivity index (χ4v) is 3.87. The van der Waals surface area contributed by atoms with E-state index in [9.17, 15) is 4.79 Å². The van der Waals surface area contributed by atoms with Gasteiger partial charge in [0.25, 0.3) is 0 Å². The van der Waals surface area contributed by atoms with Gasteiger partial charge < -0.3 is 18.8 Å². The number of amides is 1. The van der Waals surface area contributed by atoms with Crippen molar-refractivity contribution in [3.8, 4) is 0 Å². The predicted octanol–water partition coefficient (Wildman–Crippen LogP) is 2.58. The minimum atomic E-state index is -0.264. The van der Waals surface area contributed by atoms with E-state index in [2.05, 4.69) is 4.98 Å². The van der Waals surface area contributed by atoms with Crippen molar-refractivity contribution in [2.45, 2.75) is 44.0 Å². The maximum Gasteiger partial charge on any atom is 0.230 e. The number of furan rings is 1. The summed E-state index contributed by atoms with van der Waals surface area (Å²) in [7, 11) is 0. The Labute approximate surface area is 153 Å². The van der Waals surface area contributed by atoms with Gasteiger partial charge in [0.15, 0.2) is 0 Å². The van der Waals surface area contributed by atoms with Crippen molar-refractivity contribution in [3.05, 3.63) is 54.2 Å². The minimum absolute atomic E-state index is 0.0725. The molecule has 1 spiro atoms. The molecule has 2 aromatic heterocycles. The summed E-state index contributed by atoms with van der Waals surface area (Å²) in [6.45, 7) is 2.58. The highest BCUT2D eigenvalue weighted by Crippen LogP contribution is 2.36. The van der Waals surface area contributed by atoms with Crippen molar-refractivity contribution in [1.82, 2.24) is 9.88 Å². The summed E-state index contributed by atoms with van der Waals surface area (Å²) < 4.78 is 17.5. The molecule has 0 N–H and O–H groups in total. The summed E-state index contributed by atoms with van der Waals surface area (Å²) in [6.07, 6.45) is 8.31. The number of piperidine rings is 1. The standard InChI is InChI=1S/C20H24N2O4/c23-19(11-17-3-1-10-24-17)22-9-2-6-20(15-22)12-18(14-26-20)25-13-16-4-7-21-8-5-16/h1,3-5,7-8,10,18H,2,6,9,11-15H2/t18-,20-/m0/s1. The van der Waals surface area contributed by atoms with Crippen LogP contribution in [0.3, 0.4) is 0 Å². The summed E-state index contributed by atoms with van der Waals surface area (Å²) in [6, 6.07) is 7.57. The molecule has 2 aliphatic rings. The van der Waals surface area contributed by atoms with Crippen molar-refractivity contribution in [3.63, 3.8) is 0 Å². The molecule has 2 aliphatic heterocycles. The summed E-state index contributed by atoms with van der Waals surface area (Å²) in [5.74, 6) is 0.810. The number of nitrogens with zero attached hydrogens (tertiary/aromatic N) is 2. The Hall–Kier alpha value is -2.18. The van der Waals surface area contributed by atoms with E-state index in [1.165, 1.54) is 0 Å². The second-order valence-electron chi connectivity index (χ2n) is 7.16. The van der Waals surface area contributed by atoms with E-state index in [0.29, 0.717) is 31.9 Å². The molecule has 26 heavy (non-hydrogen) atoms. The van der Waals surface area contributed by atoms with Crippen LogP contribution in [0.5, 0.6) is 0 Å². The van der Waals surface area contributed by atoms with Gasteiger partial charge in [-0.1, -0.05) is 0 Å². The molecule has 2 atom stereocenters. The zero-order valence-electron chi connectivity index (χ0n) is 14.8. The monoisotopic (exact) mass is 356 g/mol. The molecular formula is C20H24N2O4. The van der Waals surface area contributed by atoms with Crippen LogP contribution in [0.2, 0.25) is 0 Å². The van der Waals surface area contributed by atoms with Gasteiger partial charge in [0.05, 0.1) is 37.6 Å². The van der Waals surface area contributed by atoms with E-state index in [-0.39, 0.29) is 17.6 Å². The molecule has 0 saturated carbocycles. The van der Waals surface area contributed by atoms with Gasteiger partial charge in [0, 0.05) is 31.9 Å². The highest BCUT2D eigenvalue weighted by Gasteiger charge is 2.44. The Kier molecular flexibility index (Phi) is 5.04. The molecule has 6 nitrogen and oxygen atoms in total. The van der Waals surface area contributed by atoms with Crippen molar-refractivity contribution in [1.29, 1.82) is 0 Å². The zero-order chi connectivity index (χ0) is 17.8. The Bertz CT molecular complexity index is 719. The first-order valence-corrected chi connectivity index (χ1v) is 9.17. The lowest BCUT2D eigenvalue weighted by atomic mass is 9.89. The predicted molar refractivity (Wildman–Crippen MR) is 94.3 cm³/mol. The largest absolute Gasteiger partial charge is 0.469 e. The van der Waals surface area contributed by atoms with Gasteiger partial charge >= 0.3 is 0 Å². The molecule has 4 rings (SSSR count). The van der Waals surface area contributed by atoms with Crippen LogP contribution in [0.25, 0.3) is 0 Å². The molecule has 2 saturated heterocycles. The van der Waals surface area contributed by atoms with Gasteiger partial charge in [-0.3, -0.25) is 9.78 Å². The third kappa shape index (κ3) is 3.97. The molecule has 0 radical (unpaired) electrons. The lowest BCUT2D eigenvalue weighted by Crippen LogP contribution is -2.50. The molecule has 0 aromatic carbocycles. The average Bonchev–Trinajstić information content (AvgIpc) is 3.31. The van der Waals surface area contributed by atoms with Crippen LogP contribution in [0.15, 0.2) is 47.3 Å². The number of rotatable bonds is 5. The van der Waals surface area contributed by atoms with Gasteiger partial charge in [0.1, 0.15) is 5.76 Å².